The molecule has 1 saturated heterocycles. The monoisotopic (exact) mass is 275 g/mol. The molecule has 0 saturated carbocycles. The molecule has 0 amide bonds. The Kier molecular flexibility index (Phi) is 3.79. The quantitative estimate of drug-likeness (QED) is 0.861. The Labute approximate surface area is 106 Å². The van der Waals surface area contributed by atoms with Gasteiger partial charge in [0.25, 0.3) is 0 Å². The summed E-state index contributed by atoms with van der Waals surface area (Å²) in [4.78, 5) is 0.295. The van der Waals surface area contributed by atoms with Gasteiger partial charge in [0.05, 0.1) is 11.4 Å². The maximum absolute atomic E-state index is 12.1. The van der Waals surface area contributed by atoms with E-state index in [0.717, 1.165) is 17.9 Å². The van der Waals surface area contributed by atoms with Gasteiger partial charge in [-0.1, -0.05) is 0 Å². The lowest BCUT2D eigenvalue weighted by Gasteiger charge is -2.10. The summed E-state index contributed by atoms with van der Waals surface area (Å²) in [5.74, 6) is 2.64. The van der Waals surface area contributed by atoms with Crippen LogP contribution in [0.3, 0.4) is 0 Å². The molecule has 2 heterocycles. The second-order valence-electron chi connectivity index (χ2n) is 4.34. The van der Waals surface area contributed by atoms with E-state index in [1.165, 1.54) is 0 Å². The third-order valence-electron chi connectivity index (χ3n) is 2.92. The molecular weight excluding hydrogens is 258 g/mol. The Morgan fingerprint density at radius 1 is 1.53 bits per heavy atom. The minimum atomic E-state index is -3.42. The number of nitrogens with zero attached hydrogens (tertiary/aromatic N) is 1. The van der Waals surface area contributed by atoms with Crippen LogP contribution in [0.2, 0.25) is 0 Å². The van der Waals surface area contributed by atoms with Gasteiger partial charge in [-0.15, -0.1) is 0 Å². The number of rotatable bonds is 4. The first kappa shape index (κ1) is 12.9. The molecule has 1 fully saturated rings. The molecule has 7 heteroatoms. The van der Waals surface area contributed by atoms with Crippen LogP contribution in [0, 0.1) is 19.8 Å². The van der Waals surface area contributed by atoms with Gasteiger partial charge in [0.2, 0.25) is 10.0 Å². The zero-order valence-corrected chi connectivity index (χ0v) is 11.6. The standard InChI is InChI=1S/C10H17N3O2S2/c1-7-10(8(2)13-12-7)17(14,15)11-5-9-3-4-16-6-9/h9,11H,3-6H2,1-2H3,(H,12,13). The molecule has 1 aliphatic rings. The Balaban J connectivity index is 2.08. The van der Waals surface area contributed by atoms with Crippen LogP contribution in [0.15, 0.2) is 4.90 Å². The molecule has 0 radical (unpaired) electrons. The first-order valence-corrected chi connectivity index (χ1v) is 8.23. The highest BCUT2D eigenvalue weighted by Crippen LogP contribution is 2.23. The highest BCUT2D eigenvalue weighted by molar-refractivity contribution is 7.99. The molecule has 1 atom stereocenters. The van der Waals surface area contributed by atoms with E-state index >= 15 is 0 Å². The van der Waals surface area contributed by atoms with Crippen LogP contribution >= 0.6 is 11.8 Å². The summed E-state index contributed by atoms with van der Waals surface area (Å²) in [6, 6.07) is 0. The van der Waals surface area contributed by atoms with Crippen molar-refractivity contribution in [1.82, 2.24) is 14.9 Å². The van der Waals surface area contributed by atoms with Gasteiger partial charge in [0.1, 0.15) is 4.90 Å². The molecule has 1 unspecified atom stereocenters. The van der Waals surface area contributed by atoms with Gasteiger partial charge < -0.3 is 0 Å². The average Bonchev–Trinajstić information content (AvgIpc) is 2.86. The maximum Gasteiger partial charge on any atom is 0.244 e. The molecule has 17 heavy (non-hydrogen) atoms. The van der Waals surface area contributed by atoms with E-state index in [-0.39, 0.29) is 0 Å². The van der Waals surface area contributed by atoms with Crippen molar-refractivity contribution in [3.8, 4) is 0 Å². The normalized spacial score (nSPS) is 20.9. The summed E-state index contributed by atoms with van der Waals surface area (Å²) >= 11 is 1.88. The molecule has 5 nitrogen and oxygen atoms in total. The number of hydrogen-bond acceptors (Lipinski definition) is 4. The molecule has 1 aliphatic heterocycles. The number of sulfonamides is 1. The smallest absolute Gasteiger partial charge is 0.244 e. The van der Waals surface area contributed by atoms with Gasteiger partial charge in [-0.05, 0) is 37.7 Å². The number of H-pyrrole nitrogens is 1. The lowest BCUT2D eigenvalue weighted by molar-refractivity contribution is 0.545. The van der Waals surface area contributed by atoms with Crippen molar-refractivity contribution >= 4 is 21.8 Å². The second-order valence-corrected chi connectivity index (χ2v) is 7.20. The summed E-state index contributed by atoms with van der Waals surface area (Å²) in [6.45, 7) is 3.95. The number of aromatic amines is 1. The molecule has 2 rings (SSSR count). The SMILES string of the molecule is Cc1n[nH]c(C)c1S(=O)(=O)NCC1CCSC1. The Bertz CT molecular complexity index is 470. The molecule has 2 N–H and O–H groups in total. The predicted molar refractivity (Wildman–Crippen MR) is 68.7 cm³/mol. The van der Waals surface area contributed by atoms with Crippen LogP contribution in [0.4, 0.5) is 0 Å². The second kappa shape index (κ2) is 4.99. The minimum Gasteiger partial charge on any atom is -0.281 e. The number of aryl methyl sites for hydroxylation is 2. The summed E-state index contributed by atoms with van der Waals surface area (Å²) in [6.07, 6.45) is 1.09. The lowest BCUT2D eigenvalue weighted by Crippen LogP contribution is -2.30. The molecule has 0 aromatic carbocycles. The van der Waals surface area contributed by atoms with Crippen molar-refractivity contribution in [1.29, 1.82) is 0 Å². The number of thioether (sulfide) groups is 1. The molecular formula is C10H17N3O2S2. The molecule has 0 aliphatic carbocycles. The highest BCUT2D eigenvalue weighted by atomic mass is 32.2. The van der Waals surface area contributed by atoms with E-state index in [9.17, 15) is 8.42 Å². The summed E-state index contributed by atoms with van der Waals surface area (Å²) in [7, 11) is -3.42. The summed E-state index contributed by atoms with van der Waals surface area (Å²) in [5.41, 5.74) is 1.12. The van der Waals surface area contributed by atoms with Crippen LogP contribution in [0.5, 0.6) is 0 Å². The van der Waals surface area contributed by atoms with Crippen LogP contribution in [0.1, 0.15) is 17.8 Å². The van der Waals surface area contributed by atoms with E-state index in [1.54, 1.807) is 13.8 Å². The summed E-state index contributed by atoms with van der Waals surface area (Å²) < 4.78 is 26.9. The van der Waals surface area contributed by atoms with Gasteiger partial charge in [0, 0.05) is 6.54 Å². The van der Waals surface area contributed by atoms with Crippen molar-refractivity contribution in [2.45, 2.75) is 25.2 Å². The van der Waals surface area contributed by atoms with Crippen LogP contribution in [0.25, 0.3) is 0 Å². The zero-order valence-electron chi connectivity index (χ0n) is 9.99. The third-order valence-corrected chi connectivity index (χ3v) is 5.83. The number of hydrogen-bond donors (Lipinski definition) is 2. The summed E-state index contributed by atoms with van der Waals surface area (Å²) in [5, 5.41) is 6.61. The van der Waals surface area contributed by atoms with E-state index in [4.69, 9.17) is 0 Å². The first-order valence-electron chi connectivity index (χ1n) is 5.59. The zero-order chi connectivity index (χ0) is 12.5. The third kappa shape index (κ3) is 2.83. The van der Waals surface area contributed by atoms with E-state index < -0.39 is 10.0 Å². The molecule has 0 bridgehead atoms. The molecule has 1 aromatic rings. The fraction of sp³-hybridized carbons (Fsp3) is 0.700. The average molecular weight is 275 g/mol. The minimum absolute atomic E-state index is 0.295. The Morgan fingerprint density at radius 2 is 2.29 bits per heavy atom. The molecule has 96 valence electrons. The van der Waals surface area contributed by atoms with Gasteiger partial charge >= 0.3 is 0 Å². The lowest BCUT2D eigenvalue weighted by atomic mass is 10.1. The van der Waals surface area contributed by atoms with Crippen molar-refractivity contribution in [2.75, 3.05) is 18.1 Å². The van der Waals surface area contributed by atoms with Gasteiger partial charge in [-0.2, -0.15) is 16.9 Å². The van der Waals surface area contributed by atoms with Crippen molar-refractivity contribution in [2.24, 2.45) is 5.92 Å². The van der Waals surface area contributed by atoms with Crippen LogP contribution < -0.4 is 4.72 Å². The van der Waals surface area contributed by atoms with Crippen molar-refractivity contribution < 1.29 is 8.42 Å². The topological polar surface area (TPSA) is 74.8 Å². The Hall–Kier alpha value is -0.530. The largest absolute Gasteiger partial charge is 0.281 e. The molecule has 0 spiro atoms. The van der Waals surface area contributed by atoms with Gasteiger partial charge in [-0.3, -0.25) is 5.10 Å². The van der Waals surface area contributed by atoms with Gasteiger partial charge in [-0.25, -0.2) is 13.1 Å². The highest BCUT2D eigenvalue weighted by Gasteiger charge is 2.24. The van der Waals surface area contributed by atoms with Crippen LogP contribution in [-0.2, 0) is 10.0 Å². The molecule has 1 aromatic heterocycles. The van der Waals surface area contributed by atoms with Crippen LogP contribution in [-0.4, -0.2) is 36.7 Å². The van der Waals surface area contributed by atoms with E-state index in [0.29, 0.717) is 28.7 Å². The maximum atomic E-state index is 12.1. The fourth-order valence-electron chi connectivity index (χ4n) is 1.98. The first-order chi connectivity index (χ1) is 8.00. The number of aromatic nitrogens is 2. The fourth-order valence-corrected chi connectivity index (χ4v) is 4.75. The van der Waals surface area contributed by atoms with Crippen molar-refractivity contribution in [3.05, 3.63) is 11.4 Å². The predicted octanol–water partition coefficient (Wildman–Crippen LogP) is 1.06. The number of nitrogens with one attached hydrogen (secondary N) is 2. The van der Waals surface area contributed by atoms with E-state index in [1.807, 2.05) is 11.8 Å². The Morgan fingerprint density at radius 3 is 2.82 bits per heavy atom. The van der Waals surface area contributed by atoms with Gasteiger partial charge in [0.15, 0.2) is 0 Å². The van der Waals surface area contributed by atoms with E-state index in [2.05, 4.69) is 14.9 Å². The van der Waals surface area contributed by atoms with Crippen molar-refractivity contribution in [3.63, 3.8) is 0 Å².